The van der Waals surface area contributed by atoms with E-state index in [0.717, 1.165) is 46.2 Å². The summed E-state index contributed by atoms with van der Waals surface area (Å²) in [6, 6.07) is 11.7. The molecule has 36 heavy (non-hydrogen) atoms. The number of amides is 1. The quantitative estimate of drug-likeness (QED) is 0.402. The molecule has 1 aliphatic heterocycles. The van der Waals surface area contributed by atoms with Crippen LogP contribution in [0.4, 0.5) is 20.7 Å². The minimum absolute atomic E-state index is 0.179. The van der Waals surface area contributed by atoms with Gasteiger partial charge < -0.3 is 20.3 Å². The van der Waals surface area contributed by atoms with Crippen LogP contribution in [0.5, 0.6) is 0 Å². The summed E-state index contributed by atoms with van der Waals surface area (Å²) in [7, 11) is 0. The van der Waals surface area contributed by atoms with Gasteiger partial charge in [0.15, 0.2) is 0 Å². The van der Waals surface area contributed by atoms with Crippen molar-refractivity contribution in [3.8, 4) is 11.1 Å². The SMILES string of the molecule is Cc1cccc(F)c1-c1cc(NC2CCN(C(=O)OC(C)(C)C)CC2)c2cc(NC(C)C)ncc2c1. The van der Waals surface area contributed by atoms with Crippen molar-refractivity contribution in [2.45, 2.75) is 72.1 Å². The molecule has 0 spiro atoms. The number of hydrogen-bond donors (Lipinski definition) is 2. The van der Waals surface area contributed by atoms with Gasteiger partial charge in [0.25, 0.3) is 0 Å². The van der Waals surface area contributed by atoms with Gasteiger partial charge in [0.05, 0.1) is 0 Å². The zero-order chi connectivity index (χ0) is 26.0. The monoisotopic (exact) mass is 492 g/mol. The van der Waals surface area contributed by atoms with Gasteiger partial charge in [0.2, 0.25) is 0 Å². The Morgan fingerprint density at radius 2 is 1.89 bits per heavy atom. The number of piperidine rings is 1. The second kappa shape index (κ2) is 10.3. The van der Waals surface area contributed by atoms with Crippen molar-refractivity contribution < 1.29 is 13.9 Å². The van der Waals surface area contributed by atoms with E-state index in [4.69, 9.17) is 4.74 Å². The van der Waals surface area contributed by atoms with Crippen LogP contribution >= 0.6 is 0 Å². The lowest BCUT2D eigenvalue weighted by Crippen LogP contribution is -2.44. The summed E-state index contributed by atoms with van der Waals surface area (Å²) >= 11 is 0. The number of carbonyl (C=O) groups excluding carboxylic acids is 1. The highest BCUT2D eigenvalue weighted by Gasteiger charge is 2.27. The Kier molecular flexibility index (Phi) is 7.38. The molecule has 6 nitrogen and oxygen atoms in total. The van der Waals surface area contributed by atoms with Gasteiger partial charge in [-0.25, -0.2) is 14.2 Å². The molecule has 3 aromatic rings. The van der Waals surface area contributed by atoms with Gasteiger partial charge >= 0.3 is 6.09 Å². The summed E-state index contributed by atoms with van der Waals surface area (Å²) in [5.74, 6) is 0.562. The molecule has 1 aliphatic rings. The lowest BCUT2D eigenvalue weighted by molar-refractivity contribution is 0.0210. The molecule has 192 valence electrons. The third kappa shape index (κ3) is 6.07. The van der Waals surface area contributed by atoms with Gasteiger partial charge in [-0.2, -0.15) is 0 Å². The number of halogens is 1. The van der Waals surface area contributed by atoms with Crippen molar-refractivity contribution in [2.75, 3.05) is 23.7 Å². The minimum atomic E-state index is -0.508. The fourth-order valence-electron chi connectivity index (χ4n) is 4.65. The molecule has 1 aromatic heterocycles. The van der Waals surface area contributed by atoms with Gasteiger partial charge in [-0.1, -0.05) is 12.1 Å². The summed E-state index contributed by atoms with van der Waals surface area (Å²) in [4.78, 5) is 18.8. The summed E-state index contributed by atoms with van der Waals surface area (Å²) in [6.45, 7) is 13.0. The minimum Gasteiger partial charge on any atom is -0.444 e. The van der Waals surface area contributed by atoms with Crippen molar-refractivity contribution in [1.29, 1.82) is 0 Å². The van der Waals surface area contributed by atoms with E-state index in [0.29, 0.717) is 18.7 Å². The van der Waals surface area contributed by atoms with Crippen LogP contribution in [0.2, 0.25) is 0 Å². The summed E-state index contributed by atoms with van der Waals surface area (Å²) < 4.78 is 20.4. The standard InChI is InChI=1S/C29H37FN4O2/c1-18(2)32-26-16-23-21(17-31-26)14-20(27-19(3)8-7-9-24(27)30)15-25(23)33-22-10-12-34(13-11-22)28(35)36-29(4,5)6/h7-9,14-18,22,33H,10-13H2,1-6H3,(H,31,32). The van der Waals surface area contributed by atoms with E-state index in [-0.39, 0.29) is 24.0 Å². The molecule has 0 unspecified atom stereocenters. The second-order valence-electron chi connectivity index (χ2n) is 10.9. The van der Waals surface area contributed by atoms with Gasteiger partial charge in [0, 0.05) is 53.4 Å². The molecule has 1 fully saturated rings. The topological polar surface area (TPSA) is 66.5 Å². The third-order valence-electron chi connectivity index (χ3n) is 6.29. The average molecular weight is 493 g/mol. The van der Waals surface area contributed by atoms with E-state index in [1.165, 1.54) is 6.07 Å². The molecule has 2 heterocycles. The van der Waals surface area contributed by atoms with Crippen LogP contribution in [0, 0.1) is 12.7 Å². The Balaban J connectivity index is 1.64. The van der Waals surface area contributed by atoms with Gasteiger partial charge in [-0.05, 0) is 89.8 Å². The molecule has 2 N–H and O–H groups in total. The molecular formula is C29H37FN4O2. The van der Waals surface area contributed by atoms with Crippen molar-refractivity contribution in [3.05, 3.63) is 54.0 Å². The van der Waals surface area contributed by atoms with Gasteiger partial charge in [-0.15, -0.1) is 0 Å². The fourth-order valence-corrected chi connectivity index (χ4v) is 4.65. The molecule has 7 heteroatoms. The molecule has 4 rings (SSSR count). The predicted octanol–water partition coefficient (Wildman–Crippen LogP) is 6.98. The van der Waals surface area contributed by atoms with Crippen molar-refractivity contribution in [3.63, 3.8) is 0 Å². The van der Waals surface area contributed by atoms with Crippen molar-refractivity contribution in [1.82, 2.24) is 9.88 Å². The Hall–Kier alpha value is -3.35. The molecule has 1 amide bonds. The number of hydrogen-bond acceptors (Lipinski definition) is 5. The molecule has 2 aromatic carbocycles. The number of likely N-dealkylation sites (tertiary alicyclic amines) is 1. The fraction of sp³-hybridized carbons (Fsp3) is 0.448. The number of aryl methyl sites for hydroxylation is 1. The molecule has 0 saturated carbocycles. The van der Waals surface area contributed by atoms with Crippen LogP contribution in [0.1, 0.15) is 53.0 Å². The highest BCUT2D eigenvalue weighted by molar-refractivity contribution is 5.99. The Labute approximate surface area is 213 Å². The number of aromatic nitrogens is 1. The number of rotatable bonds is 5. The second-order valence-corrected chi connectivity index (χ2v) is 10.9. The first-order valence-corrected chi connectivity index (χ1v) is 12.7. The summed E-state index contributed by atoms with van der Waals surface area (Å²) in [5.41, 5.74) is 2.74. The normalized spacial score (nSPS) is 14.8. The van der Waals surface area contributed by atoms with Crippen LogP contribution in [-0.2, 0) is 4.74 Å². The van der Waals surface area contributed by atoms with E-state index in [9.17, 15) is 9.18 Å². The van der Waals surface area contributed by atoms with E-state index in [1.807, 2.05) is 58.2 Å². The van der Waals surface area contributed by atoms with Gasteiger partial charge in [-0.3, -0.25) is 0 Å². The third-order valence-corrected chi connectivity index (χ3v) is 6.29. The maximum absolute atomic E-state index is 14.9. The van der Waals surface area contributed by atoms with E-state index >= 15 is 0 Å². The Bertz CT molecular complexity index is 1220. The van der Waals surface area contributed by atoms with E-state index in [2.05, 4.69) is 29.5 Å². The van der Waals surface area contributed by atoms with Crippen LogP contribution in [0.15, 0.2) is 42.6 Å². The first kappa shape index (κ1) is 25.7. The number of ether oxygens (including phenoxy) is 1. The molecule has 0 bridgehead atoms. The maximum Gasteiger partial charge on any atom is 0.410 e. The zero-order valence-electron chi connectivity index (χ0n) is 22.1. The first-order chi connectivity index (χ1) is 17.0. The van der Waals surface area contributed by atoms with Crippen LogP contribution in [0.3, 0.4) is 0 Å². The largest absolute Gasteiger partial charge is 0.444 e. The van der Waals surface area contributed by atoms with Crippen LogP contribution in [-0.4, -0.2) is 46.8 Å². The number of carbonyl (C=O) groups is 1. The van der Waals surface area contributed by atoms with E-state index < -0.39 is 5.60 Å². The predicted molar refractivity (Wildman–Crippen MR) is 145 cm³/mol. The van der Waals surface area contributed by atoms with E-state index in [1.54, 1.807) is 11.0 Å². The number of nitrogens with zero attached hydrogens (tertiary/aromatic N) is 2. The maximum atomic E-state index is 14.9. The average Bonchev–Trinajstić information content (AvgIpc) is 2.78. The lowest BCUT2D eigenvalue weighted by atomic mass is 9.96. The highest BCUT2D eigenvalue weighted by Crippen LogP contribution is 2.35. The van der Waals surface area contributed by atoms with Crippen LogP contribution < -0.4 is 10.6 Å². The van der Waals surface area contributed by atoms with Crippen molar-refractivity contribution >= 4 is 28.4 Å². The Morgan fingerprint density at radius 3 is 2.53 bits per heavy atom. The molecule has 0 aliphatic carbocycles. The molecule has 1 saturated heterocycles. The summed E-state index contributed by atoms with van der Waals surface area (Å²) in [6.07, 6.45) is 3.17. The summed E-state index contributed by atoms with van der Waals surface area (Å²) in [5, 5.41) is 9.05. The van der Waals surface area contributed by atoms with Crippen LogP contribution in [0.25, 0.3) is 21.9 Å². The number of pyridine rings is 1. The molecule has 0 radical (unpaired) electrons. The number of nitrogens with one attached hydrogen (secondary N) is 2. The lowest BCUT2D eigenvalue weighted by Gasteiger charge is -2.34. The number of anilines is 2. The molecular weight excluding hydrogens is 455 g/mol. The number of fused-ring (bicyclic) bond motifs is 1. The highest BCUT2D eigenvalue weighted by atomic mass is 19.1. The molecule has 0 atom stereocenters. The zero-order valence-corrected chi connectivity index (χ0v) is 22.1. The smallest absolute Gasteiger partial charge is 0.410 e. The Morgan fingerprint density at radius 1 is 1.17 bits per heavy atom. The number of benzene rings is 2. The van der Waals surface area contributed by atoms with Crippen molar-refractivity contribution in [2.24, 2.45) is 0 Å². The van der Waals surface area contributed by atoms with Gasteiger partial charge in [0.1, 0.15) is 17.2 Å². The first-order valence-electron chi connectivity index (χ1n) is 12.7.